The van der Waals surface area contributed by atoms with Crippen LogP contribution in [-0.2, 0) is 0 Å². The highest BCUT2D eigenvalue weighted by atomic mass is 19.1. The molecule has 0 atom stereocenters. The summed E-state index contributed by atoms with van der Waals surface area (Å²) in [6.07, 6.45) is 5.37. The summed E-state index contributed by atoms with van der Waals surface area (Å²) in [6, 6.07) is 12.8. The third-order valence-corrected chi connectivity index (χ3v) is 4.26. The number of rotatable bonds is 5. The topological polar surface area (TPSA) is 35.5 Å². The Bertz CT molecular complexity index is 734. The first-order valence-corrected chi connectivity index (χ1v) is 8.01. The van der Waals surface area contributed by atoms with Crippen molar-refractivity contribution in [2.45, 2.75) is 31.3 Å². The second-order valence-electron chi connectivity index (χ2n) is 5.93. The van der Waals surface area contributed by atoms with Gasteiger partial charge in [0.15, 0.2) is 11.6 Å². The summed E-state index contributed by atoms with van der Waals surface area (Å²) < 4.78 is 25.3. The molecule has 124 valence electrons. The monoisotopic (exact) mass is 326 g/mol. The minimum Gasteiger partial charge on any atom is -0.480 e. The molecule has 0 N–H and O–H groups in total. The van der Waals surface area contributed by atoms with E-state index in [1.807, 2.05) is 6.07 Å². The number of ether oxygens (including phenoxy) is 2. The highest BCUT2D eigenvalue weighted by molar-refractivity contribution is 5.91. The largest absolute Gasteiger partial charge is 0.480 e. The molecule has 0 heterocycles. The van der Waals surface area contributed by atoms with Gasteiger partial charge in [-0.1, -0.05) is 24.8 Å². The van der Waals surface area contributed by atoms with E-state index in [0.29, 0.717) is 5.75 Å². The van der Waals surface area contributed by atoms with Crippen LogP contribution < -0.4 is 9.47 Å². The molecule has 0 spiro atoms. The zero-order valence-electron chi connectivity index (χ0n) is 13.3. The van der Waals surface area contributed by atoms with Gasteiger partial charge in [-0.25, -0.2) is 9.18 Å². The Hall–Kier alpha value is -2.62. The molecule has 2 aromatic rings. The van der Waals surface area contributed by atoms with Crippen molar-refractivity contribution in [2.75, 3.05) is 0 Å². The van der Waals surface area contributed by atoms with E-state index in [1.54, 1.807) is 30.3 Å². The van der Waals surface area contributed by atoms with E-state index in [-0.39, 0.29) is 11.3 Å². The average molecular weight is 326 g/mol. The van der Waals surface area contributed by atoms with E-state index < -0.39 is 17.4 Å². The molecular formula is C20H19FO3. The minimum absolute atomic E-state index is 0.0549. The van der Waals surface area contributed by atoms with E-state index in [9.17, 15) is 9.18 Å². The molecule has 3 rings (SSSR count). The van der Waals surface area contributed by atoms with Crippen LogP contribution in [0.4, 0.5) is 4.39 Å². The summed E-state index contributed by atoms with van der Waals surface area (Å²) in [5, 5.41) is 0. The van der Waals surface area contributed by atoms with Crippen LogP contribution in [0.2, 0.25) is 0 Å². The molecule has 0 amide bonds. The molecular weight excluding hydrogens is 307 g/mol. The Labute approximate surface area is 140 Å². The Morgan fingerprint density at radius 2 is 1.83 bits per heavy atom. The lowest BCUT2D eigenvalue weighted by Gasteiger charge is -2.27. The highest BCUT2D eigenvalue weighted by Crippen LogP contribution is 2.36. The number of carbonyl (C=O) groups excluding carboxylic acids is 1. The van der Waals surface area contributed by atoms with Crippen LogP contribution in [0, 0.1) is 5.82 Å². The van der Waals surface area contributed by atoms with Crippen LogP contribution in [0.1, 0.15) is 36.0 Å². The van der Waals surface area contributed by atoms with Crippen LogP contribution in [0.25, 0.3) is 0 Å². The van der Waals surface area contributed by atoms with Crippen molar-refractivity contribution < 1.29 is 18.7 Å². The molecule has 0 aliphatic heterocycles. The maximum absolute atomic E-state index is 14.1. The zero-order chi connectivity index (χ0) is 17.0. The van der Waals surface area contributed by atoms with Crippen molar-refractivity contribution in [3.8, 4) is 11.5 Å². The molecule has 0 saturated heterocycles. The molecule has 2 aromatic carbocycles. The van der Waals surface area contributed by atoms with Gasteiger partial charge >= 0.3 is 5.97 Å². The normalized spacial score (nSPS) is 15.7. The zero-order valence-corrected chi connectivity index (χ0v) is 13.3. The Morgan fingerprint density at radius 1 is 1.12 bits per heavy atom. The Kier molecular flexibility index (Phi) is 4.65. The van der Waals surface area contributed by atoms with E-state index in [0.717, 1.165) is 25.7 Å². The number of para-hydroxylation sites is 1. The lowest BCUT2D eigenvalue weighted by molar-refractivity contribution is 0.0732. The highest BCUT2D eigenvalue weighted by Gasteiger charge is 2.33. The number of hydrogen-bond acceptors (Lipinski definition) is 3. The van der Waals surface area contributed by atoms with Gasteiger partial charge in [-0.05, 0) is 62.1 Å². The Morgan fingerprint density at radius 3 is 2.50 bits per heavy atom. The molecule has 24 heavy (non-hydrogen) atoms. The smallest absolute Gasteiger partial charge is 0.343 e. The molecule has 0 radical (unpaired) electrons. The quantitative estimate of drug-likeness (QED) is 0.444. The molecule has 0 bridgehead atoms. The number of hydrogen-bond donors (Lipinski definition) is 0. The van der Waals surface area contributed by atoms with Crippen molar-refractivity contribution in [2.24, 2.45) is 0 Å². The third-order valence-electron chi connectivity index (χ3n) is 4.26. The second-order valence-corrected chi connectivity index (χ2v) is 5.93. The molecule has 3 nitrogen and oxygen atoms in total. The van der Waals surface area contributed by atoms with Gasteiger partial charge in [-0.15, -0.1) is 0 Å². The first-order valence-electron chi connectivity index (χ1n) is 8.01. The van der Waals surface area contributed by atoms with Crippen molar-refractivity contribution in [3.05, 3.63) is 72.6 Å². The van der Waals surface area contributed by atoms with Gasteiger partial charge in [0.25, 0.3) is 0 Å². The van der Waals surface area contributed by atoms with Crippen molar-refractivity contribution in [1.29, 1.82) is 0 Å². The summed E-state index contributed by atoms with van der Waals surface area (Å²) in [7, 11) is 0. The fraction of sp³-hybridized carbons (Fsp3) is 0.250. The number of esters is 1. The van der Waals surface area contributed by atoms with Crippen LogP contribution in [0.5, 0.6) is 11.5 Å². The third kappa shape index (κ3) is 3.48. The van der Waals surface area contributed by atoms with Gasteiger partial charge in [0.05, 0.1) is 5.56 Å². The maximum Gasteiger partial charge on any atom is 0.343 e. The molecule has 1 aliphatic carbocycles. The standard InChI is InChI=1S/C20H19FO3/c1-2-20(12-6-7-13-20)24-18-14-15(10-11-17(18)21)19(22)23-16-8-4-3-5-9-16/h2-5,8-11,14H,1,6-7,12-13H2. The van der Waals surface area contributed by atoms with Crippen LogP contribution in [-0.4, -0.2) is 11.6 Å². The first kappa shape index (κ1) is 16.2. The molecule has 0 unspecified atom stereocenters. The van der Waals surface area contributed by atoms with Crippen LogP contribution in [0.3, 0.4) is 0 Å². The summed E-state index contributed by atoms with van der Waals surface area (Å²) in [6.45, 7) is 3.81. The van der Waals surface area contributed by atoms with Crippen molar-refractivity contribution in [3.63, 3.8) is 0 Å². The van der Waals surface area contributed by atoms with Gasteiger partial charge in [-0.2, -0.15) is 0 Å². The van der Waals surface area contributed by atoms with Crippen molar-refractivity contribution in [1.82, 2.24) is 0 Å². The predicted octanol–water partition coefficient (Wildman–Crippen LogP) is 4.92. The SMILES string of the molecule is C=CC1(Oc2cc(C(=O)Oc3ccccc3)ccc2F)CCCC1. The van der Waals surface area contributed by atoms with E-state index in [4.69, 9.17) is 9.47 Å². The summed E-state index contributed by atoms with van der Waals surface area (Å²) in [5.41, 5.74) is -0.310. The summed E-state index contributed by atoms with van der Waals surface area (Å²) in [4.78, 5) is 12.2. The van der Waals surface area contributed by atoms with Gasteiger partial charge in [0, 0.05) is 0 Å². The number of halogens is 1. The lowest BCUT2D eigenvalue weighted by atomic mass is 10.0. The van der Waals surface area contributed by atoms with E-state index in [2.05, 4.69) is 6.58 Å². The number of carbonyl (C=O) groups is 1. The minimum atomic E-state index is -0.553. The lowest BCUT2D eigenvalue weighted by Crippen LogP contribution is -2.30. The van der Waals surface area contributed by atoms with Gasteiger partial charge in [-0.3, -0.25) is 0 Å². The Balaban J connectivity index is 1.80. The fourth-order valence-corrected chi connectivity index (χ4v) is 2.90. The fourth-order valence-electron chi connectivity index (χ4n) is 2.90. The first-order chi connectivity index (χ1) is 11.6. The average Bonchev–Trinajstić information content (AvgIpc) is 3.07. The predicted molar refractivity (Wildman–Crippen MR) is 89.8 cm³/mol. The van der Waals surface area contributed by atoms with Crippen molar-refractivity contribution >= 4 is 5.97 Å². The van der Waals surface area contributed by atoms with Gasteiger partial charge < -0.3 is 9.47 Å². The van der Waals surface area contributed by atoms with Gasteiger partial charge in [0.1, 0.15) is 11.4 Å². The van der Waals surface area contributed by atoms with Gasteiger partial charge in [0.2, 0.25) is 0 Å². The molecule has 1 saturated carbocycles. The summed E-state index contributed by atoms with van der Waals surface area (Å²) >= 11 is 0. The summed E-state index contributed by atoms with van der Waals surface area (Å²) in [5.74, 6) is -0.559. The molecule has 4 heteroatoms. The molecule has 1 aliphatic rings. The van der Waals surface area contributed by atoms with E-state index >= 15 is 0 Å². The van der Waals surface area contributed by atoms with E-state index in [1.165, 1.54) is 18.2 Å². The van der Waals surface area contributed by atoms with Crippen LogP contribution in [0.15, 0.2) is 61.2 Å². The molecule has 1 fully saturated rings. The maximum atomic E-state index is 14.1. The number of benzene rings is 2. The van der Waals surface area contributed by atoms with Crippen LogP contribution >= 0.6 is 0 Å². The second kappa shape index (κ2) is 6.87. The molecule has 0 aromatic heterocycles.